The molecule has 0 spiro atoms. The number of hydrogen-bond donors (Lipinski definition) is 1. The second-order valence-corrected chi connectivity index (χ2v) is 9.62. The second kappa shape index (κ2) is 8.13. The van der Waals surface area contributed by atoms with Gasteiger partial charge in [-0.15, -0.1) is 11.3 Å². The van der Waals surface area contributed by atoms with E-state index in [-0.39, 0.29) is 24.4 Å². The Morgan fingerprint density at radius 3 is 2.67 bits per heavy atom. The summed E-state index contributed by atoms with van der Waals surface area (Å²) in [4.78, 5) is 33.6. The van der Waals surface area contributed by atoms with E-state index in [0.29, 0.717) is 36.3 Å². The summed E-state index contributed by atoms with van der Waals surface area (Å²) in [6.45, 7) is 4.98. The molecule has 1 aliphatic rings. The number of piperidine rings is 1. The van der Waals surface area contributed by atoms with Crippen LogP contribution in [0.15, 0.2) is 35.4 Å². The molecule has 4 rings (SSSR count). The Hall–Kier alpha value is -2.22. The van der Waals surface area contributed by atoms with Crippen LogP contribution >= 0.6 is 22.9 Å². The van der Waals surface area contributed by atoms with Crippen molar-refractivity contribution < 1.29 is 9.90 Å². The van der Waals surface area contributed by atoms with Crippen molar-refractivity contribution in [3.63, 3.8) is 0 Å². The van der Waals surface area contributed by atoms with Crippen molar-refractivity contribution in [2.24, 2.45) is 0 Å². The Labute approximate surface area is 183 Å². The number of nitrogens with zero attached hydrogens (tertiary/aromatic N) is 3. The van der Waals surface area contributed by atoms with Gasteiger partial charge in [0.1, 0.15) is 4.83 Å². The van der Waals surface area contributed by atoms with E-state index in [0.717, 1.165) is 20.8 Å². The number of aliphatic hydroxyl groups is 1. The molecule has 0 atom stereocenters. The lowest BCUT2D eigenvalue weighted by atomic mass is 9.91. The van der Waals surface area contributed by atoms with Crippen LogP contribution in [0.2, 0.25) is 5.02 Å². The number of halogens is 1. The van der Waals surface area contributed by atoms with E-state index in [1.165, 1.54) is 22.2 Å². The normalized spacial score (nSPS) is 16.2. The molecule has 1 fully saturated rings. The SMILES string of the molecule is Cc1sc2ncn(CC3(O)CCN(C(=O)Cc4ccccc4Cl)CC3)c(=O)c2c1C. The first-order valence-corrected chi connectivity index (χ1v) is 11.2. The lowest BCUT2D eigenvalue weighted by Gasteiger charge is -2.38. The molecule has 3 heterocycles. The quantitative estimate of drug-likeness (QED) is 0.668. The molecule has 1 aromatic carbocycles. The number of carbonyl (C=O) groups is 1. The van der Waals surface area contributed by atoms with E-state index >= 15 is 0 Å². The summed E-state index contributed by atoms with van der Waals surface area (Å²) in [7, 11) is 0. The average Bonchev–Trinajstić information content (AvgIpc) is 3.01. The number of aryl methyl sites for hydroxylation is 2. The highest BCUT2D eigenvalue weighted by Crippen LogP contribution is 2.28. The zero-order valence-electron chi connectivity index (χ0n) is 17.0. The maximum Gasteiger partial charge on any atom is 0.262 e. The fourth-order valence-electron chi connectivity index (χ4n) is 3.95. The summed E-state index contributed by atoms with van der Waals surface area (Å²) in [5.74, 6) is -0.00484. The molecule has 0 unspecified atom stereocenters. The highest BCUT2D eigenvalue weighted by atomic mass is 35.5. The molecule has 1 saturated heterocycles. The summed E-state index contributed by atoms with van der Waals surface area (Å²) in [5, 5.41) is 12.3. The van der Waals surface area contributed by atoms with Gasteiger partial charge in [-0.1, -0.05) is 29.8 Å². The first-order valence-electron chi connectivity index (χ1n) is 9.96. The Balaban J connectivity index is 1.44. The summed E-state index contributed by atoms with van der Waals surface area (Å²) >= 11 is 7.67. The number of likely N-dealkylation sites (tertiary alicyclic amines) is 1. The highest BCUT2D eigenvalue weighted by Gasteiger charge is 2.35. The Kier molecular flexibility index (Phi) is 5.70. The topological polar surface area (TPSA) is 75.4 Å². The predicted octanol–water partition coefficient (Wildman–Crippen LogP) is 3.32. The summed E-state index contributed by atoms with van der Waals surface area (Å²) < 4.78 is 1.50. The largest absolute Gasteiger partial charge is 0.388 e. The van der Waals surface area contributed by atoms with Crippen molar-refractivity contribution in [1.82, 2.24) is 14.5 Å². The van der Waals surface area contributed by atoms with Gasteiger partial charge < -0.3 is 10.0 Å². The molecule has 0 radical (unpaired) electrons. The van der Waals surface area contributed by atoms with Gasteiger partial charge in [0.15, 0.2) is 0 Å². The molecule has 6 nitrogen and oxygen atoms in total. The van der Waals surface area contributed by atoms with Crippen LogP contribution in [0.3, 0.4) is 0 Å². The molecule has 1 N–H and O–H groups in total. The van der Waals surface area contributed by atoms with Crippen LogP contribution < -0.4 is 5.56 Å². The van der Waals surface area contributed by atoms with Gasteiger partial charge in [-0.3, -0.25) is 14.2 Å². The Morgan fingerprint density at radius 1 is 1.27 bits per heavy atom. The maximum absolute atomic E-state index is 12.9. The lowest BCUT2D eigenvalue weighted by Crippen LogP contribution is -2.50. The molecular formula is C22H24ClN3O3S. The minimum atomic E-state index is -1.04. The molecule has 0 aliphatic carbocycles. The van der Waals surface area contributed by atoms with E-state index in [9.17, 15) is 14.7 Å². The minimum Gasteiger partial charge on any atom is -0.388 e. The standard InChI is InChI=1S/C22H24ClN3O3S/c1-14-15(2)30-20-19(14)21(28)26(13-24-20)12-22(29)7-9-25(10-8-22)18(27)11-16-5-3-4-6-17(16)23/h3-6,13,29H,7-12H2,1-2H3. The zero-order valence-corrected chi connectivity index (χ0v) is 18.6. The summed E-state index contributed by atoms with van der Waals surface area (Å²) in [6, 6.07) is 7.33. The molecule has 3 aromatic rings. The van der Waals surface area contributed by atoms with E-state index in [2.05, 4.69) is 4.98 Å². The number of fused-ring (bicyclic) bond motifs is 1. The number of aromatic nitrogens is 2. The number of amides is 1. The van der Waals surface area contributed by atoms with Gasteiger partial charge in [-0.2, -0.15) is 0 Å². The van der Waals surface area contributed by atoms with Crippen LogP contribution in [0.5, 0.6) is 0 Å². The smallest absolute Gasteiger partial charge is 0.262 e. The van der Waals surface area contributed by atoms with Crippen LogP contribution in [0, 0.1) is 13.8 Å². The molecule has 158 valence electrons. The molecular weight excluding hydrogens is 422 g/mol. The predicted molar refractivity (Wildman–Crippen MR) is 119 cm³/mol. The summed E-state index contributed by atoms with van der Waals surface area (Å²) in [6.07, 6.45) is 2.59. The fraction of sp³-hybridized carbons (Fsp3) is 0.409. The number of benzene rings is 1. The van der Waals surface area contributed by atoms with E-state index in [1.807, 2.05) is 32.0 Å². The fourth-order valence-corrected chi connectivity index (χ4v) is 5.14. The van der Waals surface area contributed by atoms with Crippen molar-refractivity contribution in [3.05, 3.63) is 62.0 Å². The molecule has 1 aliphatic heterocycles. The molecule has 2 aromatic heterocycles. The maximum atomic E-state index is 12.9. The van der Waals surface area contributed by atoms with E-state index < -0.39 is 5.60 Å². The molecule has 30 heavy (non-hydrogen) atoms. The number of carbonyl (C=O) groups excluding carboxylic acids is 1. The number of rotatable bonds is 4. The third-order valence-corrected chi connectivity index (χ3v) is 7.45. The number of thiophene rings is 1. The number of hydrogen-bond acceptors (Lipinski definition) is 5. The van der Waals surface area contributed by atoms with Crippen LogP contribution in [-0.2, 0) is 17.8 Å². The van der Waals surface area contributed by atoms with Crippen LogP contribution in [-0.4, -0.2) is 44.2 Å². The molecule has 0 saturated carbocycles. The Bertz CT molecular complexity index is 1160. The third-order valence-electron chi connectivity index (χ3n) is 5.97. The zero-order chi connectivity index (χ0) is 21.5. The van der Waals surface area contributed by atoms with E-state index in [1.54, 1.807) is 11.0 Å². The van der Waals surface area contributed by atoms with Crippen molar-refractivity contribution >= 4 is 39.1 Å². The van der Waals surface area contributed by atoms with Gasteiger partial charge in [-0.05, 0) is 43.9 Å². The molecule has 0 bridgehead atoms. The van der Waals surface area contributed by atoms with Gasteiger partial charge in [0.05, 0.1) is 30.3 Å². The molecule has 8 heteroatoms. The van der Waals surface area contributed by atoms with Crippen molar-refractivity contribution in [1.29, 1.82) is 0 Å². The van der Waals surface area contributed by atoms with Crippen LogP contribution in [0.1, 0.15) is 28.8 Å². The second-order valence-electron chi connectivity index (χ2n) is 8.01. The third kappa shape index (κ3) is 4.02. The highest BCUT2D eigenvalue weighted by molar-refractivity contribution is 7.18. The van der Waals surface area contributed by atoms with Crippen molar-refractivity contribution in [2.75, 3.05) is 13.1 Å². The molecule has 1 amide bonds. The Morgan fingerprint density at radius 2 is 1.97 bits per heavy atom. The first kappa shape index (κ1) is 21.0. The lowest BCUT2D eigenvalue weighted by molar-refractivity contribution is -0.135. The van der Waals surface area contributed by atoms with Crippen molar-refractivity contribution in [2.45, 2.75) is 45.3 Å². The van der Waals surface area contributed by atoms with Gasteiger partial charge in [0.25, 0.3) is 5.56 Å². The van der Waals surface area contributed by atoms with Gasteiger partial charge >= 0.3 is 0 Å². The summed E-state index contributed by atoms with van der Waals surface area (Å²) in [5.41, 5.74) is 0.595. The average molecular weight is 446 g/mol. The first-order chi connectivity index (χ1) is 14.3. The van der Waals surface area contributed by atoms with Crippen molar-refractivity contribution in [3.8, 4) is 0 Å². The minimum absolute atomic E-state index is 0.00484. The van der Waals surface area contributed by atoms with Crippen LogP contribution in [0.25, 0.3) is 10.2 Å². The van der Waals surface area contributed by atoms with Gasteiger partial charge in [0.2, 0.25) is 5.91 Å². The van der Waals surface area contributed by atoms with E-state index in [4.69, 9.17) is 11.6 Å². The van der Waals surface area contributed by atoms with Crippen LogP contribution in [0.4, 0.5) is 0 Å². The van der Waals surface area contributed by atoms with Gasteiger partial charge in [-0.25, -0.2) is 4.98 Å². The monoisotopic (exact) mass is 445 g/mol. The van der Waals surface area contributed by atoms with Gasteiger partial charge in [0, 0.05) is 23.0 Å².